The maximum absolute atomic E-state index is 6.55. The lowest BCUT2D eigenvalue weighted by molar-refractivity contribution is -0.937. The van der Waals surface area contributed by atoms with Crippen LogP contribution in [0.15, 0.2) is 36.4 Å². The molecule has 5 rings (SSSR count). The lowest BCUT2D eigenvalue weighted by Crippen LogP contribution is -3.16. The Kier molecular flexibility index (Phi) is 4.12. The summed E-state index contributed by atoms with van der Waals surface area (Å²) in [5.41, 5.74) is 2.47. The molecule has 3 aliphatic rings. The van der Waals surface area contributed by atoms with Crippen molar-refractivity contribution in [2.75, 3.05) is 27.0 Å². The molecule has 0 saturated carbocycles. The first-order chi connectivity index (χ1) is 13.2. The highest BCUT2D eigenvalue weighted by Crippen LogP contribution is 2.48. The maximum atomic E-state index is 6.55. The third-order valence-corrected chi connectivity index (χ3v) is 6.22. The molecule has 0 aromatic heterocycles. The Balaban J connectivity index is 1.60. The number of nitrogens with one attached hydrogen (secondary N) is 1. The molecule has 5 nitrogen and oxygen atoms in total. The fraction of sp³-hybridized carbons (Fsp3) is 0.455. The zero-order chi connectivity index (χ0) is 18.4. The molecule has 0 radical (unpaired) electrons. The number of hydrogen-bond donors (Lipinski definition) is 1. The fourth-order valence-corrected chi connectivity index (χ4v) is 4.85. The van der Waals surface area contributed by atoms with E-state index in [0.717, 1.165) is 23.0 Å². The Hall–Kier alpha value is -2.40. The zero-order valence-electron chi connectivity index (χ0n) is 15.9. The molecule has 1 N–H and O–H groups in total. The summed E-state index contributed by atoms with van der Waals surface area (Å²) >= 11 is 0. The van der Waals surface area contributed by atoms with Crippen molar-refractivity contribution in [3.05, 3.63) is 47.5 Å². The molecule has 0 aliphatic carbocycles. The van der Waals surface area contributed by atoms with Crippen LogP contribution in [0.3, 0.4) is 0 Å². The highest BCUT2D eigenvalue weighted by atomic mass is 16.7. The van der Waals surface area contributed by atoms with Crippen LogP contribution in [-0.2, 0) is 0 Å². The van der Waals surface area contributed by atoms with Crippen LogP contribution >= 0.6 is 0 Å². The van der Waals surface area contributed by atoms with Crippen LogP contribution in [0.1, 0.15) is 36.8 Å². The number of benzene rings is 2. The van der Waals surface area contributed by atoms with Gasteiger partial charge in [0.1, 0.15) is 11.5 Å². The van der Waals surface area contributed by atoms with Crippen LogP contribution in [0.25, 0.3) is 0 Å². The van der Waals surface area contributed by atoms with E-state index in [9.17, 15) is 0 Å². The molecule has 3 heterocycles. The van der Waals surface area contributed by atoms with Crippen molar-refractivity contribution in [1.82, 2.24) is 0 Å². The monoisotopic (exact) mass is 368 g/mol. The molecular formula is C22H26NO4+. The van der Waals surface area contributed by atoms with E-state index >= 15 is 0 Å². The van der Waals surface area contributed by atoms with Crippen LogP contribution in [0.5, 0.6) is 23.0 Å². The average molecular weight is 368 g/mol. The third kappa shape index (κ3) is 2.81. The van der Waals surface area contributed by atoms with Crippen LogP contribution in [0, 0.1) is 5.92 Å². The summed E-state index contributed by atoms with van der Waals surface area (Å²) in [5.74, 6) is 4.03. The molecule has 5 heteroatoms. The molecule has 142 valence electrons. The van der Waals surface area contributed by atoms with Gasteiger partial charge in [0.15, 0.2) is 11.5 Å². The summed E-state index contributed by atoms with van der Waals surface area (Å²) in [7, 11) is 1.70. The molecule has 27 heavy (non-hydrogen) atoms. The van der Waals surface area contributed by atoms with E-state index in [1.807, 2.05) is 18.2 Å². The van der Waals surface area contributed by atoms with Crippen molar-refractivity contribution < 1.29 is 23.8 Å². The van der Waals surface area contributed by atoms with Crippen molar-refractivity contribution >= 4 is 0 Å². The molecule has 0 bridgehead atoms. The van der Waals surface area contributed by atoms with Gasteiger partial charge in [0.05, 0.1) is 26.1 Å². The van der Waals surface area contributed by atoms with Gasteiger partial charge in [0, 0.05) is 30.4 Å². The van der Waals surface area contributed by atoms with E-state index in [1.54, 1.807) is 12.0 Å². The molecule has 0 spiro atoms. The minimum atomic E-state index is 0.160. The van der Waals surface area contributed by atoms with Crippen molar-refractivity contribution in [2.45, 2.75) is 31.9 Å². The van der Waals surface area contributed by atoms with E-state index in [0.29, 0.717) is 5.92 Å². The highest BCUT2D eigenvalue weighted by Gasteiger charge is 2.43. The smallest absolute Gasteiger partial charge is 0.235 e. The number of ether oxygens (including phenoxy) is 4. The minimum absolute atomic E-state index is 0.160. The van der Waals surface area contributed by atoms with E-state index in [-0.39, 0.29) is 18.9 Å². The molecule has 1 saturated heterocycles. The maximum Gasteiger partial charge on any atom is 0.235 e. The van der Waals surface area contributed by atoms with E-state index in [2.05, 4.69) is 25.1 Å². The predicted octanol–water partition coefficient (Wildman–Crippen LogP) is 2.59. The first-order valence-electron chi connectivity index (χ1n) is 9.83. The zero-order valence-corrected chi connectivity index (χ0v) is 15.9. The van der Waals surface area contributed by atoms with E-state index < -0.39 is 0 Å². The number of fused-ring (bicyclic) bond motifs is 2. The van der Waals surface area contributed by atoms with Gasteiger partial charge in [0.2, 0.25) is 13.0 Å². The molecule has 0 amide bonds. The quantitative estimate of drug-likeness (QED) is 0.904. The van der Waals surface area contributed by atoms with Crippen molar-refractivity contribution in [3.63, 3.8) is 0 Å². The minimum Gasteiger partial charge on any atom is -0.497 e. The summed E-state index contributed by atoms with van der Waals surface area (Å²) in [4.78, 5) is 1.56. The Morgan fingerprint density at radius 3 is 2.37 bits per heavy atom. The number of quaternary nitrogens is 1. The van der Waals surface area contributed by atoms with Gasteiger partial charge >= 0.3 is 0 Å². The molecule has 2 aromatic carbocycles. The molecule has 3 aliphatic heterocycles. The second-order valence-electron chi connectivity index (χ2n) is 7.76. The SMILES string of the molecule is COc1ccc([C@@H]2c3cc4c(cc3O[C@H]([NH+]3CCCC3)[C@H]2C)OCO4)cc1. The highest BCUT2D eigenvalue weighted by molar-refractivity contribution is 5.56. The lowest BCUT2D eigenvalue weighted by Gasteiger charge is -2.39. The average Bonchev–Trinajstić information content (AvgIpc) is 3.38. The first kappa shape index (κ1) is 16.8. The van der Waals surface area contributed by atoms with Gasteiger partial charge in [-0.15, -0.1) is 0 Å². The van der Waals surface area contributed by atoms with Gasteiger partial charge in [-0.3, -0.25) is 4.90 Å². The number of hydrogen-bond acceptors (Lipinski definition) is 4. The lowest BCUT2D eigenvalue weighted by atomic mass is 9.78. The molecule has 0 unspecified atom stereocenters. The summed E-state index contributed by atoms with van der Waals surface area (Å²) < 4.78 is 23.1. The Bertz CT molecular complexity index is 829. The van der Waals surface area contributed by atoms with Gasteiger partial charge in [-0.05, 0) is 23.8 Å². The first-order valence-corrected chi connectivity index (χ1v) is 9.83. The third-order valence-electron chi connectivity index (χ3n) is 6.22. The Morgan fingerprint density at radius 2 is 1.67 bits per heavy atom. The molecular weight excluding hydrogens is 342 g/mol. The van der Waals surface area contributed by atoms with Crippen LogP contribution < -0.4 is 23.8 Å². The van der Waals surface area contributed by atoms with Crippen molar-refractivity contribution in [3.8, 4) is 23.0 Å². The Morgan fingerprint density at radius 1 is 0.963 bits per heavy atom. The van der Waals surface area contributed by atoms with Gasteiger partial charge in [0.25, 0.3) is 0 Å². The molecule has 2 aromatic rings. The normalized spacial score (nSPS) is 26.5. The van der Waals surface area contributed by atoms with Gasteiger partial charge in [-0.2, -0.15) is 0 Å². The Labute approximate surface area is 159 Å². The second-order valence-corrected chi connectivity index (χ2v) is 7.76. The van der Waals surface area contributed by atoms with Gasteiger partial charge < -0.3 is 18.9 Å². The van der Waals surface area contributed by atoms with Crippen molar-refractivity contribution in [1.29, 1.82) is 0 Å². The molecule has 3 atom stereocenters. The second kappa shape index (κ2) is 6.64. The summed E-state index contributed by atoms with van der Waals surface area (Å²) in [5, 5.41) is 0. The van der Waals surface area contributed by atoms with Gasteiger partial charge in [-0.1, -0.05) is 19.1 Å². The molecule has 1 fully saturated rings. The number of rotatable bonds is 3. The van der Waals surface area contributed by atoms with E-state index in [4.69, 9.17) is 18.9 Å². The summed E-state index contributed by atoms with van der Waals surface area (Å²) in [6, 6.07) is 12.6. The summed E-state index contributed by atoms with van der Waals surface area (Å²) in [6.07, 6.45) is 2.72. The van der Waals surface area contributed by atoms with Crippen LogP contribution in [0.4, 0.5) is 0 Å². The van der Waals surface area contributed by atoms with Gasteiger partial charge in [-0.25, -0.2) is 0 Å². The predicted molar refractivity (Wildman–Crippen MR) is 101 cm³/mol. The topological polar surface area (TPSA) is 41.4 Å². The summed E-state index contributed by atoms with van der Waals surface area (Å²) in [6.45, 7) is 4.97. The van der Waals surface area contributed by atoms with E-state index in [1.165, 1.54) is 37.1 Å². The number of likely N-dealkylation sites (tertiary alicyclic amines) is 1. The fourth-order valence-electron chi connectivity index (χ4n) is 4.85. The standard InChI is InChI=1S/C22H25NO4/c1-14-21(15-5-7-16(24-2)8-6-15)17-11-19-20(26-13-25-19)12-18(17)27-22(14)23-9-3-4-10-23/h5-8,11-12,14,21-22H,3-4,9-10,13H2,1-2H3/p+1/t14-,21+,22-/m0/s1. The largest absolute Gasteiger partial charge is 0.497 e. The van der Waals surface area contributed by atoms with Crippen molar-refractivity contribution in [2.24, 2.45) is 5.92 Å². The van der Waals surface area contributed by atoms with Crippen LogP contribution in [-0.4, -0.2) is 33.2 Å². The van der Waals surface area contributed by atoms with Crippen LogP contribution in [0.2, 0.25) is 0 Å². The number of methoxy groups -OCH3 is 1.